The van der Waals surface area contributed by atoms with Gasteiger partial charge in [0.2, 0.25) is 6.29 Å². The third-order valence-electron chi connectivity index (χ3n) is 7.20. The van der Waals surface area contributed by atoms with E-state index in [2.05, 4.69) is 27.4 Å². The molecule has 3 saturated heterocycles. The van der Waals surface area contributed by atoms with Gasteiger partial charge in [0, 0.05) is 10.8 Å². The molecule has 19 heavy (non-hydrogen) atoms. The lowest BCUT2D eigenvalue weighted by Gasteiger charge is -2.39. The summed E-state index contributed by atoms with van der Waals surface area (Å²) in [5, 5.41) is 0. The number of esters is 1. The summed E-state index contributed by atoms with van der Waals surface area (Å²) in [5.41, 5.74) is 0.177. The van der Waals surface area contributed by atoms with Crippen LogP contribution in [0.1, 0.15) is 27.2 Å². The van der Waals surface area contributed by atoms with Crippen molar-refractivity contribution in [3.8, 4) is 0 Å². The molecule has 2 aliphatic carbocycles. The van der Waals surface area contributed by atoms with Crippen LogP contribution in [0.3, 0.4) is 0 Å². The second-order valence-electron chi connectivity index (χ2n) is 7.34. The van der Waals surface area contributed by atoms with E-state index < -0.39 is 5.41 Å². The van der Waals surface area contributed by atoms with Crippen LogP contribution in [-0.2, 0) is 19.0 Å². The molecule has 5 fully saturated rings. The van der Waals surface area contributed by atoms with Crippen molar-refractivity contribution in [3.63, 3.8) is 0 Å². The van der Waals surface area contributed by atoms with Crippen molar-refractivity contribution in [1.29, 1.82) is 0 Å². The Morgan fingerprint density at radius 3 is 2.58 bits per heavy atom. The Kier molecular flexibility index (Phi) is 1.44. The third kappa shape index (κ3) is 0.733. The maximum Gasteiger partial charge on any atom is 0.324 e. The fourth-order valence-electron chi connectivity index (χ4n) is 5.72. The molecule has 8 atom stereocenters. The molecule has 3 heterocycles. The molecule has 0 radical (unpaired) electrons. The zero-order valence-electron chi connectivity index (χ0n) is 11.4. The Morgan fingerprint density at radius 1 is 1.32 bits per heavy atom. The summed E-state index contributed by atoms with van der Waals surface area (Å²) in [7, 11) is 0. The summed E-state index contributed by atoms with van der Waals surface area (Å²) >= 11 is 0. The van der Waals surface area contributed by atoms with Crippen LogP contribution >= 0.6 is 0 Å². The fraction of sp³-hybridized carbons (Fsp3) is 0.800. The molecule has 5 aliphatic rings. The van der Waals surface area contributed by atoms with Crippen LogP contribution in [0.2, 0.25) is 0 Å². The summed E-state index contributed by atoms with van der Waals surface area (Å²) in [5.74, 6) is 0.276. The van der Waals surface area contributed by atoms with Crippen molar-refractivity contribution < 1.29 is 19.0 Å². The Bertz CT molecular complexity index is 556. The zero-order valence-corrected chi connectivity index (χ0v) is 11.4. The first kappa shape index (κ1) is 10.9. The van der Waals surface area contributed by atoms with E-state index in [1.54, 1.807) is 0 Å². The van der Waals surface area contributed by atoms with Gasteiger partial charge in [0.05, 0.1) is 12.2 Å². The van der Waals surface area contributed by atoms with Crippen LogP contribution in [0.4, 0.5) is 0 Å². The molecule has 0 amide bonds. The first-order valence-corrected chi connectivity index (χ1v) is 7.10. The predicted octanol–water partition coefficient (Wildman–Crippen LogP) is 1.64. The smallest absolute Gasteiger partial charge is 0.324 e. The third-order valence-corrected chi connectivity index (χ3v) is 7.20. The van der Waals surface area contributed by atoms with Crippen LogP contribution < -0.4 is 0 Å². The molecule has 0 aromatic rings. The van der Waals surface area contributed by atoms with Gasteiger partial charge in [-0.2, -0.15) is 0 Å². The van der Waals surface area contributed by atoms with Crippen molar-refractivity contribution in [3.05, 3.63) is 12.2 Å². The van der Waals surface area contributed by atoms with Gasteiger partial charge < -0.3 is 14.2 Å². The number of hydrogen-bond acceptors (Lipinski definition) is 4. The second kappa shape index (κ2) is 2.51. The van der Waals surface area contributed by atoms with Gasteiger partial charge in [-0.1, -0.05) is 27.4 Å². The molecule has 4 heteroatoms. The van der Waals surface area contributed by atoms with E-state index in [0.29, 0.717) is 5.92 Å². The van der Waals surface area contributed by atoms with Crippen molar-refractivity contribution in [2.45, 2.75) is 51.8 Å². The highest BCUT2D eigenvalue weighted by Gasteiger charge is 2.87. The number of rotatable bonds is 0. The number of hydrogen-bond donors (Lipinski definition) is 0. The number of carbonyl (C=O) groups excluding carboxylic acids is 1. The molecule has 5 rings (SSSR count). The summed E-state index contributed by atoms with van der Waals surface area (Å²) in [4.78, 5) is 12.5. The molecule has 0 aromatic heterocycles. The van der Waals surface area contributed by atoms with E-state index in [0.717, 1.165) is 12.0 Å². The molecule has 0 N–H and O–H groups in total. The van der Waals surface area contributed by atoms with Crippen LogP contribution in [0.15, 0.2) is 12.2 Å². The van der Waals surface area contributed by atoms with Crippen LogP contribution in [-0.4, -0.2) is 30.6 Å². The molecule has 2 bridgehead atoms. The minimum atomic E-state index is -0.742. The van der Waals surface area contributed by atoms with Gasteiger partial charge in [-0.3, -0.25) is 4.79 Å². The largest absolute Gasteiger partial charge is 0.432 e. The molecule has 1 spiro atoms. The lowest BCUT2D eigenvalue weighted by Crippen LogP contribution is -2.47. The Hall–Kier alpha value is -0.870. The standard InChI is InChI=1S/C15H18O4/c1-6-8-5-13(3)7(2)15(11(17-8)14(6,13)4)9-10(18-9)19-12(15)16/h6,8-11H,2,5H2,1,3-4H3/t6-,8+,9-,10-,11+,13+,14-,15-/m1/s1. The van der Waals surface area contributed by atoms with E-state index >= 15 is 0 Å². The monoisotopic (exact) mass is 262 g/mol. The van der Waals surface area contributed by atoms with E-state index in [-0.39, 0.29) is 41.4 Å². The molecule has 4 nitrogen and oxygen atoms in total. The molecular weight excluding hydrogens is 244 g/mol. The van der Waals surface area contributed by atoms with Gasteiger partial charge in [0.1, 0.15) is 11.5 Å². The fourth-order valence-corrected chi connectivity index (χ4v) is 5.72. The maximum absolute atomic E-state index is 12.5. The van der Waals surface area contributed by atoms with Gasteiger partial charge in [0.25, 0.3) is 0 Å². The predicted molar refractivity (Wildman–Crippen MR) is 65.0 cm³/mol. The van der Waals surface area contributed by atoms with Gasteiger partial charge in [0.15, 0.2) is 0 Å². The Morgan fingerprint density at radius 2 is 2.05 bits per heavy atom. The first-order valence-electron chi connectivity index (χ1n) is 7.10. The minimum absolute atomic E-state index is 0.0331. The van der Waals surface area contributed by atoms with Gasteiger partial charge in [-0.15, -0.1) is 0 Å². The summed E-state index contributed by atoms with van der Waals surface area (Å²) in [6, 6.07) is 0. The Balaban J connectivity index is 1.80. The molecule has 0 aromatic carbocycles. The summed E-state index contributed by atoms with van der Waals surface area (Å²) in [6.45, 7) is 11.1. The normalized spacial score (nSPS) is 67.8. The van der Waals surface area contributed by atoms with Crippen LogP contribution in [0, 0.1) is 22.2 Å². The molecular formula is C15H18O4. The number of ether oxygens (including phenoxy) is 3. The van der Waals surface area contributed by atoms with E-state index in [1.165, 1.54) is 0 Å². The van der Waals surface area contributed by atoms with Crippen LogP contribution in [0.5, 0.6) is 0 Å². The SMILES string of the molecule is C=C1[C@]2(C(=O)O[C@H]3O[C@H]32)[C@H]2O[C@H]3C[C@]1(C)[C@]2(C)[C@@H]3C. The highest BCUT2D eigenvalue weighted by Crippen LogP contribution is 2.80. The molecule has 102 valence electrons. The van der Waals surface area contributed by atoms with E-state index in [4.69, 9.17) is 14.2 Å². The van der Waals surface area contributed by atoms with Crippen molar-refractivity contribution in [1.82, 2.24) is 0 Å². The van der Waals surface area contributed by atoms with Crippen molar-refractivity contribution in [2.24, 2.45) is 22.2 Å². The van der Waals surface area contributed by atoms with Crippen molar-refractivity contribution >= 4 is 5.97 Å². The lowest BCUT2D eigenvalue weighted by molar-refractivity contribution is -0.166. The van der Waals surface area contributed by atoms with Crippen LogP contribution in [0.25, 0.3) is 0 Å². The molecule has 0 unspecified atom stereocenters. The maximum atomic E-state index is 12.5. The first-order chi connectivity index (χ1) is 8.88. The topological polar surface area (TPSA) is 48.1 Å². The Labute approximate surface area is 112 Å². The quantitative estimate of drug-likeness (QED) is 0.378. The highest BCUT2D eigenvalue weighted by atomic mass is 16.8. The summed E-state index contributed by atoms with van der Waals surface area (Å²) < 4.78 is 17.2. The summed E-state index contributed by atoms with van der Waals surface area (Å²) in [6.07, 6.45) is 0.555. The molecule has 2 saturated carbocycles. The average Bonchev–Trinajstić information content (AvgIpc) is 2.93. The van der Waals surface area contributed by atoms with Crippen molar-refractivity contribution in [2.75, 3.05) is 0 Å². The molecule has 3 aliphatic heterocycles. The van der Waals surface area contributed by atoms with E-state index in [9.17, 15) is 4.79 Å². The number of fused-ring (bicyclic) bond motifs is 4. The highest BCUT2D eigenvalue weighted by molar-refractivity contribution is 5.88. The average molecular weight is 262 g/mol. The van der Waals surface area contributed by atoms with Gasteiger partial charge >= 0.3 is 5.97 Å². The van der Waals surface area contributed by atoms with Gasteiger partial charge in [-0.25, -0.2) is 0 Å². The van der Waals surface area contributed by atoms with E-state index in [1.807, 2.05) is 0 Å². The number of epoxide rings is 1. The minimum Gasteiger partial charge on any atom is -0.432 e. The van der Waals surface area contributed by atoms with Gasteiger partial charge in [-0.05, 0) is 17.9 Å². The number of carbonyl (C=O) groups is 1. The zero-order chi connectivity index (χ0) is 13.4. The second-order valence-corrected chi connectivity index (χ2v) is 7.34. The lowest BCUT2D eigenvalue weighted by atomic mass is 9.66.